The molecule has 3 nitrogen and oxygen atoms in total. The minimum absolute atomic E-state index is 0.283. The molecular formula is C10H14BrNO2. The van der Waals surface area contributed by atoms with E-state index in [4.69, 9.17) is 9.47 Å². The normalized spacial score (nSPS) is 11.4. The minimum Gasteiger partial charge on any atom is -0.475 e. The second-order valence-electron chi connectivity index (χ2n) is 3.57. The molecule has 0 spiro atoms. The molecule has 1 aromatic rings. The molecule has 0 saturated heterocycles. The van der Waals surface area contributed by atoms with Gasteiger partial charge in [-0.2, -0.15) is 0 Å². The van der Waals surface area contributed by atoms with Gasteiger partial charge in [0.05, 0.1) is 5.60 Å². The fourth-order valence-electron chi connectivity index (χ4n) is 0.754. The Kier molecular flexibility index (Phi) is 3.89. The summed E-state index contributed by atoms with van der Waals surface area (Å²) in [5.74, 6) is 0.610. The van der Waals surface area contributed by atoms with Crippen LogP contribution in [0, 0.1) is 0 Å². The second-order valence-corrected chi connectivity index (χ2v) is 4.48. The van der Waals surface area contributed by atoms with Crippen LogP contribution >= 0.6 is 15.9 Å². The molecule has 0 radical (unpaired) electrons. The van der Waals surface area contributed by atoms with E-state index in [2.05, 4.69) is 20.9 Å². The molecule has 0 N–H and O–H groups in total. The Bertz CT molecular complexity index is 285. The molecule has 0 aromatic carbocycles. The van der Waals surface area contributed by atoms with Crippen molar-refractivity contribution in [3.63, 3.8) is 0 Å². The Morgan fingerprint density at radius 1 is 1.43 bits per heavy atom. The van der Waals surface area contributed by atoms with Crippen LogP contribution in [0.4, 0.5) is 0 Å². The summed E-state index contributed by atoms with van der Waals surface area (Å²) in [7, 11) is 1.67. The third-order valence-corrected chi connectivity index (χ3v) is 2.29. The van der Waals surface area contributed by atoms with Crippen LogP contribution in [0.2, 0.25) is 0 Å². The quantitative estimate of drug-likeness (QED) is 0.833. The van der Waals surface area contributed by atoms with Gasteiger partial charge in [-0.25, -0.2) is 4.98 Å². The number of halogens is 1. The Morgan fingerprint density at radius 3 is 2.64 bits per heavy atom. The lowest BCUT2D eigenvalue weighted by Crippen LogP contribution is -2.30. The first kappa shape index (κ1) is 11.5. The summed E-state index contributed by atoms with van der Waals surface area (Å²) in [4.78, 5) is 4.09. The molecule has 1 aromatic heterocycles. The van der Waals surface area contributed by atoms with Crippen LogP contribution in [0.3, 0.4) is 0 Å². The summed E-state index contributed by atoms with van der Waals surface area (Å²) in [5, 5.41) is 0. The lowest BCUT2D eigenvalue weighted by Gasteiger charge is -2.22. The highest BCUT2D eigenvalue weighted by Gasteiger charge is 2.17. The number of rotatable bonds is 4. The number of hydrogen-bond acceptors (Lipinski definition) is 3. The van der Waals surface area contributed by atoms with Crippen molar-refractivity contribution in [2.75, 3.05) is 13.7 Å². The van der Waals surface area contributed by atoms with Gasteiger partial charge in [0, 0.05) is 23.8 Å². The maximum absolute atomic E-state index is 5.46. The van der Waals surface area contributed by atoms with E-state index in [1.165, 1.54) is 0 Å². The van der Waals surface area contributed by atoms with Gasteiger partial charge in [-0.3, -0.25) is 0 Å². The summed E-state index contributed by atoms with van der Waals surface area (Å²) in [5.41, 5.74) is -0.283. The monoisotopic (exact) mass is 259 g/mol. The van der Waals surface area contributed by atoms with Gasteiger partial charge in [0.1, 0.15) is 6.61 Å². The van der Waals surface area contributed by atoms with Crippen LogP contribution in [-0.4, -0.2) is 24.3 Å². The van der Waals surface area contributed by atoms with E-state index in [0.717, 1.165) is 4.47 Å². The molecule has 4 heteroatoms. The smallest absolute Gasteiger partial charge is 0.213 e. The van der Waals surface area contributed by atoms with Gasteiger partial charge in [0.25, 0.3) is 0 Å². The molecule has 0 aliphatic carbocycles. The molecule has 0 amide bonds. The predicted octanol–water partition coefficient (Wildman–Crippen LogP) is 2.65. The Morgan fingerprint density at radius 2 is 2.14 bits per heavy atom. The standard InChI is InChI=1S/C10H14BrNO2/c1-10(2,13-3)7-14-9-5-4-8(11)6-12-9/h4-6H,7H2,1-3H3. The Labute approximate surface area is 92.6 Å². The van der Waals surface area contributed by atoms with Gasteiger partial charge in [-0.05, 0) is 35.8 Å². The first-order valence-electron chi connectivity index (χ1n) is 4.33. The van der Waals surface area contributed by atoms with Crippen molar-refractivity contribution < 1.29 is 9.47 Å². The fourth-order valence-corrected chi connectivity index (χ4v) is 0.989. The Hall–Kier alpha value is -0.610. The van der Waals surface area contributed by atoms with Crippen LogP contribution in [0.15, 0.2) is 22.8 Å². The highest BCUT2D eigenvalue weighted by molar-refractivity contribution is 9.10. The SMILES string of the molecule is COC(C)(C)COc1ccc(Br)cn1. The molecule has 0 bridgehead atoms. The van der Waals surface area contributed by atoms with Crippen molar-refractivity contribution >= 4 is 15.9 Å². The molecule has 14 heavy (non-hydrogen) atoms. The van der Waals surface area contributed by atoms with Crippen LogP contribution in [-0.2, 0) is 4.74 Å². The van der Waals surface area contributed by atoms with Crippen molar-refractivity contribution in [3.05, 3.63) is 22.8 Å². The largest absolute Gasteiger partial charge is 0.475 e. The lowest BCUT2D eigenvalue weighted by molar-refractivity contribution is -0.0157. The van der Waals surface area contributed by atoms with E-state index in [1.807, 2.05) is 26.0 Å². The maximum Gasteiger partial charge on any atom is 0.213 e. The molecule has 1 rings (SSSR count). The first-order valence-corrected chi connectivity index (χ1v) is 5.12. The molecule has 1 heterocycles. The molecule has 0 aliphatic heterocycles. The van der Waals surface area contributed by atoms with E-state index >= 15 is 0 Å². The predicted molar refractivity (Wildman–Crippen MR) is 58.5 cm³/mol. The van der Waals surface area contributed by atoms with Gasteiger partial charge in [0.15, 0.2) is 0 Å². The van der Waals surface area contributed by atoms with E-state index in [9.17, 15) is 0 Å². The number of methoxy groups -OCH3 is 1. The third kappa shape index (κ3) is 3.64. The van der Waals surface area contributed by atoms with E-state index in [-0.39, 0.29) is 5.60 Å². The number of nitrogens with zero attached hydrogens (tertiary/aromatic N) is 1. The van der Waals surface area contributed by atoms with Gasteiger partial charge in [-0.15, -0.1) is 0 Å². The summed E-state index contributed by atoms with van der Waals surface area (Å²) in [6, 6.07) is 3.71. The van der Waals surface area contributed by atoms with Crippen molar-refractivity contribution in [2.45, 2.75) is 19.4 Å². The zero-order chi connectivity index (χ0) is 10.6. The number of pyridine rings is 1. The fraction of sp³-hybridized carbons (Fsp3) is 0.500. The molecule has 0 saturated carbocycles. The average Bonchev–Trinajstić information content (AvgIpc) is 2.17. The van der Waals surface area contributed by atoms with E-state index in [0.29, 0.717) is 12.5 Å². The van der Waals surface area contributed by atoms with E-state index in [1.54, 1.807) is 13.3 Å². The number of ether oxygens (including phenoxy) is 2. The Balaban J connectivity index is 2.50. The number of hydrogen-bond donors (Lipinski definition) is 0. The number of aromatic nitrogens is 1. The van der Waals surface area contributed by atoms with Crippen LogP contribution < -0.4 is 4.74 Å². The summed E-state index contributed by atoms with van der Waals surface area (Å²) in [6.07, 6.45) is 1.70. The molecule has 0 aliphatic rings. The van der Waals surface area contributed by atoms with Crippen molar-refractivity contribution in [1.82, 2.24) is 4.98 Å². The molecule has 0 fully saturated rings. The van der Waals surface area contributed by atoms with E-state index < -0.39 is 0 Å². The second kappa shape index (κ2) is 4.75. The summed E-state index contributed by atoms with van der Waals surface area (Å²) >= 11 is 3.31. The van der Waals surface area contributed by atoms with Crippen molar-refractivity contribution in [2.24, 2.45) is 0 Å². The zero-order valence-electron chi connectivity index (χ0n) is 8.58. The average molecular weight is 260 g/mol. The summed E-state index contributed by atoms with van der Waals surface area (Å²) in [6.45, 7) is 4.41. The van der Waals surface area contributed by atoms with Crippen molar-refractivity contribution in [1.29, 1.82) is 0 Å². The highest BCUT2D eigenvalue weighted by Crippen LogP contribution is 2.14. The third-order valence-electron chi connectivity index (χ3n) is 1.82. The van der Waals surface area contributed by atoms with Gasteiger partial charge in [0.2, 0.25) is 5.88 Å². The van der Waals surface area contributed by atoms with Gasteiger partial charge >= 0.3 is 0 Å². The molecule has 0 atom stereocenters. The molecule has 0 unspecified atom stereocenters. The lowest BCUT2D eigenvalue weighted by atomic mass is 10.1. The first-order chi connectivity index (χ1) is 6.53. The summed E-state index contributed by atoms with van der Waals surface area (Å²) < 4.78 is 11.6. The van der Waals surface area contributed by atoms with Crippen LogP contribution in [0.1, 0.15) is 13.8 Å². The minimum atomic E-state index is -0.283. The zero-order valence-corrected chi connectivity index (χ0v) is 10.2. The molecular weight excluding hydrogens is 246 g/mol. The van der Waals surface area contributed by atoms with Crippen LogP contribution in [0.25, 0.3) is 0 Å². The maximum atomic E-state index is 5.46. The van der Waals surface area contributed by atoms with Gasteiger partial charge < -0.3 is 9.47 Å². The van der Waals surface area contributed by atoms with Gasteiger partial charge in [-0.1, -0.05) is 0 Å². The van der Waals surface area contributed by atoms with Crippen molar-refractivity contribution in [3.8, 4) is 5.88 Å². The topological polar surface area (TPSA) is 31.4 Å². The molecule has 78 valence electrons. The van der Waals surface area contributed by atoms with Crippen LogP contribution in [0.5, 0.6) is 5.88 Å². The highest BCUT2D eigenvalue weighted by atomic mass is 79.9.